The van der Waals surface area contributed by atoms with E-state index < -0.39 is 17.7 Å². The molecule has 0 aliphatic heterocycles. The fraction of sp³-hybridized carbons (Fsp3) is 0.0800. The van der Waals surface area contributed by atoms with Gasteiger partial charge in [-0.25, -0.2) is 4.68 Å². The molecule has 0 saturated carbocycles. The number of amides is 3. The van der Waals surface area contributed by atoms with Crippen molar-refractivity contribution in [2.45, 2.75) is 13.5 Å². The van der Waals surface area contributed by atoms with E-state index in [1.807, 2.05) is 31.2 Å². The van der Waals surface area contributed by atoms with Crippen LogP contribution in [0.2, 0.25) is 15.1 Å². The van der Waals surface area contributed by atoms with Gasteiger partial charge in [-0.05, 0) is 55.0 Å². The van der Waals surface area contributed by atoms with Gasteiger partial charge in [0.2, 0.25) is 0 Å². The van der Waals surface area contributed by atoms with E-state index in [1.54, 1.807) is 36.4 Å². The zero-order chi connectivity index (χ0) is 25.1. The molecule has 0 aliphatic rings. The second-order valence-corrected chi connectivity index (χ2v) is 9.04. The molecule has 1 aromatic heterocycles. The number of nitrogens with zero attached hydrogens (tertiary/aromatic N) is 1. The van der Waals surface area contributed by atoms with Gasteiger partial charge in [0, 0.05) is 22.0 Å². The van der Waals surface area contributed by atoms with E-state index in [9.17, 15) is 14.4 Å². The van der Waals surface area contributed by atoms with E-state index in [0.717, 1.165) is 11.1 Å². The molecule has 3 aromatic carbocycles. The van der Waals surface area contributed by atoms with Gasteiger partial charge in [0.05, 0.1) is 16.2 Å². The van der Waals surface area contributed by atoms with E-state index >= 15 is 0 Å². The first-order valence-electron chi connectivity index (χ1n) is 10.4. The molecular weight excluding hydrogens is 511 g/mol. The number of benzene rings is 3. The predicted octanol–water partition coefficient (Wildman–Crippen LogP) is 5.55. The van der Waals surface area contributed by atoms with Crippen LogP contribution in [0.25, 0.3) is 10.9 Å². The van der Waals surface area contributed by atoms with Gasteiger partial charge >= 0.3 is 11.8 Å². The monoisotopic (exact) mass is 528 g/mol. The lowest BCUT2D eigenvalue weighted by Crippen LogP contribution is -2.39. The van der Waals surface area contributed by atoms with Gasteiger partial charge in [-0.3, -0.25) is 19.8 Å². The van der Waals surface area contributed by atoms with Crippen LogP contribution in [0.1, 0.15) is 21.6 Å². The third-order valence-corrected chi connectivity index (χ3v) is 5.95. The summed E-state index contributed by atoms with van der Waals surface area (Å²) in [6.45, 7) is 2.13. The highest BCUT2D eigenvalue weighted by Gasteiger charge is 2.21. The number of hydrogen-bond donors (Lipinski definition) is 3. The van der Waals surface area contributed by atoms with E-state index in [1.165, 1.54) is 10.7 Å². The lowest BCUT2D eigenvalue weighted by Gasteiger charge is -2.13. The number of nitrogens with one attached hydrogen (secondary N) is 3. The molecule has 4 aromatic rings. The summed E-state index contributed by atoms with van der Waals surface area (Å²) in [7, 11) is 0. The highest BCUT2D eigenvalue weighted by atomic mass is 35.5. The smallest absolute Gasteiger partial charge is 0.328 e. The molecule has 0 atom stereocenters. The van der Waals surface area contributed by atoms with Crippen LogP contribution >= 0.6 is 34.8 Å². The number of aromatic nitrogens is 1. The van der Waals surface area contributed by atoms with Crippen LogP contribution < -0.4 is 16.1 Å². The molecule has 3 N–H and O–H groups in total. The molecule has 0 bridgehead atoms. The molecule has 0 spiro atoms. The molecule has 178 valence electrons. The minimum Gasteiger partial charge on any atom is -0.344 e. The molecule has 1 heterocycles. The van der Waals surface area contributed by atoms with E-state index in [2.05, 4.69) is 16.1 Å². The minimum absolute atomic E-state index is 0.0629. The largest absolute Gasteiger partial charge is 0.344 e. The van der Waals surface area contributed by atoms with Crippen molar-refractivity contribution in [1.82, 2.24) is 9.99 Å². The van der Waals surface area contributed by atoms with Crippen LogP contribution in [0.5, 0.6) is 0 Å². The van der Waals surface area contributed by atoms with Gasteiger partial charge in [-0.1, -0.05) is 64.6 Å². The summed E-state index contributed by atoms with van der Waals surface area (Å²) in [5.41, 5.74) is 5.30. The normalized spacial score (nSPS) is 10.7. The number of fused-ring (bicyclic) bond motifs is 1. The Balaban J connectivity index is 1.57. The number of rotatable bonds is 5. The third-order valence-electron chi connectivity index (χ3n) is 5.17. The van der Waals surface area contributed by atoms with E-state index in [-0.39, 0.29) is 17.3 Å². The van der Waals surface area contributed by atoms with Crippen molar-refractivity contribution in [2.24, 2.45) is 0 Å². The quantitative estimate of drug-likeness (QED) is 0.296. The topological polar surface area (TPSA) is 92.2 Å². The summed E-state index contributed by atoms with van der Waals surface area (Å²) in [6, 6.07) is 18.6. The summed E-state index contributed by atoms with van der Waals surface area (Å²) < 4.78 is 1.23. The van der Waals surface area contributed by atoms with Crippen molar-refractivity contribution in [3.63, 3.8) is 0 Å². The minimum atomic E-state index is -0.942. The fourth-order valence-corrected chi connectivity index (χ4v) is 4.01. The Morgan fingerprint density at radius 3 is 2.23 bits per heavy atom. The van der Waals surface area contributed by atoms with Gasteiger partial charge in [0.15, 0.2) is 0 Å². The molecule has 3 amide bonds. The second-order valence-electron chi connectivity index (χ2n) is 7.76. The maximum absolute atomic E-state index is 13.1. The van der Waals surface area contributed by atoms with Crippen LogP contribution in [-0.4, -0.2) is 22.4 Å². The van der Waals surface area contributed by atoms with Crippen molar-refractivity contribution in [1.29, 1.82) is 0 Å². The molecule has 0 saturated heterocycles. The van der Waals surface area contributed by atoms with E-state index in [4.69, 9.17) is 34.8 Å². The first-order valence-corrected chi connectivity index (χ1v) is 11.6. The molecule has 0 aliphatic carbocycles. The third kappa shape index (κ3) is 5.77. The number of anilines is 1. The number of halogens is 3. The first kappa shape index (κ1) is 24.6. The van der Waals surface area contributed by atoms with Crippen LogP contribution in [0.15, 0.2) is 66.7 Å². The summed E-state index contributed by atoms with van der Waals surface area (Å²) in [6.07, 6.45) is 0. The van der Waals surface area contributed by atoms with Crippen molar-refractivity contribution in [3.05, 3.63) is 98.6 Å². The Labute approximate surface area is 215 Å². The van der Waals surface area contributed by atoms with Crippen molar-refractivity contribution in [3.8, 4) is 0 Å². The van der Waals surface area contributed by atoms with Gasteiger partial charge in [0.1, 0.15) is 5.69 Å². The van der Waals surface area contributed by atoms with E-state index in [0.29, 0.717) is 26.6 Å². The average molecular weight is 530 g/mol. The number of carbonyl (C=O) groups excluding carboxylic acids is 3. The highest BCUT2D eigenvalue weighted by molar-refractivity contribution is 6.38. The van der Waals surface area contributed by atoms with Crippen LogP contribution in [-0.2, 0) is 16.1 Å². The Kier molecular flexibility index (Phi) is 7.31. The number of carbonyl (C=O) groups is 3. The average Bonchev–Trinajstić information content (AvgIpc) is 3.17. The van der Waals surface area contributed by atoms with Crippen LogP contribution in [0, 0.1) is 6.92 Å². The standard InChI is InChI=1S/C25H19Cl3N4O3/c1-14-2-4-15(5-3-14)13-29-24(34)25(35)31-32-21-9-7-17(26)10-16(21)11-22(32)23(33)30-20-8-6-18(27)12-19(20)28/h2-12H,13H2,1H3,(H,29,34)(H,30,33)(H,31,35). The summed E-state index contributed by atoms with van der Waals surface area (Å²) in [5.74, 6) is -2.36. The van der Waals surface area contributed by atoms with Gasteiger partial charge in [-0.2, -0.15) is 0 Å². The lowest BCUT2D eigenvalue weighted by atomic mass is 10.1. The molecule has 0 unspecified atom stereocenters. The second kappa shape index (κ2) is 10.4. The Morgan fingerprint density at radius 1 is 0.829 bits per heavy atom. The lowest BCUT2D eigenvalue weighted by molar-refractivity contribution is -0.136. The number of hydrogen-bond acceptors (Lipinski definition) is 3. The van der Waals surface area contributed by atoms with Crippen LogP contribution in [0.4, 0.5) is 5.69 Å². The summed E-state index contributed by atoms with van der Waals surface area (Å²) in [5, 5.41) is 6.96. The first-order chi connectivity index (χ1) is 16.7. The Bertz CT molecular complexity index is 1450. The van der Waals surface area contributed by atoms with Crippen molar-refractivity contribution < 1.29 is 14.4 Å². The molecular formula is C25H19Cl3N4O3. The maximum Gasteiger partial charge on any atom is 0.328 e. The maximum atomic E-state index is 13.1. The molecule has 4 rings (SSSR count). The summed E-state index contributed by atoms with van der Waals surface area (Å²) >= 11 is 18.2. The molecule has 10 heteroatoms. The Hall–Kier alpha value is -3.52. The zero-order valence-corrected chi connectivity index (χ0v) is 20.6. The highest BCUT2D eigenvalue weighted by Crippen LogP contribution is 2.27. The van der Waals surface area contributed by atoms with Crippen LogP contribution in [0.3, 0.4) is 0 Å². The molecule has 7 nitrogen and oxygen atoms in total. The Morgan fingerprint density at radius 2 is 1.51 bits per heavy atom. The fourth-order valence-electron chi connectivity index (χ4n) is 3.37. The van der Waals surface area contributed by atoms with Gasteiger partial charge in [0.25, 0.3) is 5.91 Å². The van der Waals surface area contributed by atoms with Crippen molar-refractivity contribution in [2.75, 3.05) is 10.7 Å². The molecule has 35 heavy (non-hydrogen) atoms. The predicted molar refractivity (Wildman–Crippen MR) is 139 cm³/mol. The summed E-state index contributed by atoms with van der Waals surface area (Å²) in [4.78, 5) is 38.3. The molecule has 0 fully saturated rings. The van der Waals surface area contributed by atoms with Gasteiger partial charge < -0.3 is 10.6 Å². The van der Waals surface area contributed by atoms with Crippen molar-refractivity contribution >= 4 is 69.1 Å². The molecule has 0 radical (unpaired) electrons. The zero-order valence-electron chi connectivity index (χ0n) is 18.4. The van der Waals surface area contributed by atoms with Gasteiger partial charge in [-0.15, -0.1) is 0 Å². The number of aryl methyl sites for hydroxylation is 1. The SMILES string of the molecule is Cc1ccc(CNC(=O)C(=O)Nn2c(C(=O)Nc3ccc(Cl)cc3Cl)cc3cc(Cl)ccc32)cc1.